The van der Waals surface area contributed by atoms with Crippen LogP contribution in [0.4, 0.5) is 0 Å². The summed E-state index contributed by atoms with van der Waals surface area (Å²) in [6.45, 7) is 10.2. The Bertz CT molecular complexity index is 1100. The van der Waals surface area contributed by atoms with Crippen LogP contribution in [-0.4, -0.2) is 42.1 Å². The van der Waals surface area contributed by atoms with Crippen molar-refractivity contribution in [3.8, 4) is 0 Å². The van der Waals surface area contributed by atoms with Gasteiger partial charge in [-0.1, -0.05) is 6.92 Å². The van der Waals surface area contributed by atoms with E-state index in [-0.39, 0.29) is 30.2 Å². The molecule has 4 rings (SSSR count). The molecule has 150 valence electrons. The average molecular weight is 402 g/mol. The van der Waals surface area contributed by atoms with Crippen molar-refractivity contribution in [3.63, 3.8) is 0 Å². The molecule has 3 aromatic rings. The normalized spacial score (nSPS) is 17.0. The van der Waals surface area contributed by atoms with Crippen molar-refractivity contribution in [2.24, 2.45) is 5.92 Å². The zero-order valence-electron chi connectivity index (χ0n) is 17.1. The van der Waals surface area contributed by atoms with E-state index in [2.05, 4.69) is 17.0 Å². The van der Waals surface area contributed by atoms with Gasteiger partial charge in [0.2, 0.25) is 5.91 Å². The zero-order chi connectivity index (χ0) is 20.2. The summed E-state index contributed by atoms with van der Waals surface area (Å²) >= 11 is 1.71. The van der Waals surface area contributed by atoms with Crippen LogP contribution in [0.5, 0.6) is 0 Å². The Morgan fingerprint density at radius 3 is 2.71 bits per heavy atom. The average Bonchev–Trinajstić information content (AvgIpc) is 3.11. The van der Waals surface area contributed by atoms with E-state index in [1.165, 1.54) is 19.5 Å². The second kappa shape index (κ2) is 6.99. The SMILES string of the molecule is CC(C)N(C(=O)Cn1nc2c3c4c(sc3ncn2c1=O)C[C@@H](C)CC4)C(C)C. The van der Waals surface area contributed by atoms with Crippen LogP contribution in [-0.2, 0) is 24.2 Å². The number of thiophene rings is 1. The second-order valence-corrected chi connectivity index (χ2v) is 9.48. The van der Waals surface area contributed by atoms with Gasteiger partial charge < -0.3 is 4.90 Å². The van der Waals surface area contributed by atoms with Gasteiger partial charge >= 0.3 is 5.69 Å². The van der Waals surface area contributed by atoms with E-state index in [1.807, 2.05) is 27.7 Å². The molecule has 0 N–H and O–H groups in total. The van der Waals surface area contributed by atoms with Gasteiger partial charge in [-0.2, -0.15) is 0 Å². The zero-order valence-corrected chi connectivity index (χ0v) is 17.9. The molecular weight excluding hydrogens is 374 g/mol. The summed E-state index contributed by atoms with van der Waals surface area (Å²) < 4.78 is 2.77. The van der Waals surface area contributed by atoms with Gasteiger partial charge in [0.05, 0.1) is 5.39 Å². The van der Waals surface area contributed by atoms with Gasteiger partial charge in [0.1, 0.15) is 17.7 Å². The molecule has 7 nitrogen and oxygen atoms in total. The number of aromatic nitrogens is 4. The van der Waals surface area contributed by atoms with Gasteiger partial charge in [-0.05, 0) is 58.4 Å². The van der Waals surface area contributed by atoms with E-state index >= 15 is 0 Å². The number of hydrogen-bond acceptors (Lipinski definition) is 5. The Morgan fingerprint density at radius 1 is 1.32 bits per heavy atom. The number of carbonyl (C=O) groups excluding carboxylic acids is 1. The summed E-state index contributed by atoms with van der Waals surface area (Å²) in [4.78, 5) is 34.3. The lowest BCUT2D eigenvalue weighted by Crippen LogP contribution is -2.44. The summed E-state index contributed by atoms with van der Waals surface area (Å²) in [5.41, 5.74) is 1.59. The minimum atomic E-state index is -0.311. The third kappa shape index (κ3) is 3.03. The molecule has 8 heteroatoms. The van der Waals surface area contributed by atoms with Crippen molar-refractivity contribution < 1.29 is 4.79 Å². The number of rotatable bonds is 4. The fraction of sp³-hybridized carbons (Fsp3) is 0.600. The summed E-state index contributed by atoms with van der Waals surface area (Å²) in [6.07, 6.45) is 4.74. The number of hydrogen-bond donors (Lipinski definition) is 0. The van der Waals surface area contributed by atoms with Crippen LogP contribution in [0.25, 0.3) is 15.9 Å². The Labute approximate surface area is 168 Å². The van der Waals surface area contributed by atoms with Crippen LogP contribution >= 0.6 is 11.3 Å². The molecule has 1 atom stereocenters. The van der Waals surface area contributed by atoms with Crippen LogP contribution < -0.4 is 5.69 Å². The Kier molecular flexibility index (Phi) is 4.77. The predicted octanol–water partition coefficient (Wildman–Crippen LogP) is 2.88. The van der Waals surface area contributed by atoms with E-state index in [4.69, 9.17) is 0 Å². The van der Waals surface area contributed by atoms with Crippen molar-refractivity contribution in [1.29, 1.82) is 0 Å². The van der Waals surface area contributed by atoms with Crippen LogP contribution in [0.3, 0.4) is 0 Å². The third-order valence-corrected chi connectivity index (χ3v) is 6.73. The first-order valence-corrected chi connectivity index (χ1v) is 10.8. The fourth-order valence-electron chi connectivity index (χ4n) is 4.35. The Balaban J connectivity index is 1.79. The van der Waals surface area contributed by atoms with E-state index in [1.54, 1.807) is 22.6 Å². The number of amides is 1. The molecule has 0 saturated carbocycles. The van der Waals surface area contributed by atoms with E-state index in [0.29, 0.717) is 11.6 Å². The maximum atomic E-state index is 12.9. The minimum Gasteiger partial charge on any atom is -0.336 e. The molecule has 0 radical (unpaired) electrons. The molecule has 0 aliphatic heterocycles. The highest BCUT2D eigenvalue weighted by Gasteiger charge is 2.26. The molecule has 0 saturated heterocycles. The van der Waals surface area contributed by atoms with Gasteiger partial charge in [0.15, 0.2) is 5.65 Å². The van der Waals surface area contributed by atoms with E-state index < -0.39 is 0 Å². The molecule has 0 unspecified atom stereocenters. The summed E-state index contributed by atoms with van der Waals surface area (Å²) in [5, 5.41) is 5.56. The maximum absolute atomic E-state index is 12.9. The van der Waals surface area contributed by atoms with Crippen LogP contribution in [0.1, 0.15) is 51.5 Å². The number of aryl methyl sites for hydroxylation is 1. The third-order valence-electron chi connectivity index (χ3n) is 5.56. The highest BCUT2D eigenvalue weighted by Crippen LogP contribution is 2.38. The monoisotopic (exact) mass is 401 g/mol. The molecule has 3 aromatic heterocycles. The van der Waals surface area contributed by atoms with Crippen LogP contribution in [0, 0.1) is 5.92 Å². The van der Waals surface area contributed by atoms with Crippen molar-refractivity contribution in [1.82, 2.24) is 24.1 Å². The predicted molar refractivity (Wildman–Crippen MR) is 111 cm³/mol. The van der Waals surface area contributed by atoms with E-state index in [9.17, 15) is 9.59 Å². The Morgan fingerprint density at radius 2 is 2.04 bits per heavy atom. The molecule has 1 amide bonds. The lowest BCUT2D eigenvalue weighted by molar-refractivity contribution is -0.135. The van der Waals surface area contributed by atoms with Crippen LogP contribution in [0.2, 0.25) is 0 Å². The summed E-state index contributed by atoms with van der Waals surface area (Å²) in [5.74, 6) is 0.577. The highest BCUT2D eigenvalue weighted by molar-refractivity contribution is 7.19. The lowest BCUT2D eigenvalue weighted by Gasteiger charge is -2.30. The lowest BCUT2D eigenvalue weighted by atomic mass is 9.89. The van der Waals surface area contributed by atoms with Crippen molar-refractivity contribution in [3.05, 3.63) is 27.3 Å². The first-order chi connectivity index (χ1) is 13.3. The largest absolute Gasteiger partial charge is 0.352 e. The van der Waals surface area contributed by atoms with Gasteiger partial charge in [-0.3, -0.25) is 4.79 Å². The quantitative estimate of drug-likeness (QED) is 0.674. The Hall–Kier alpha value is -2.22. The molecule has 0 fully saturated rings. The molecule has 3 heterocycles. The van der Waals surface area contributed by atoms with Gasteiger partial charge in [0.25, 0.3) is 0 Å². The molecule has 1 aliphatic carbocycles. The molecule has 1 aliphatic rings. The molecule has 0 bridgehead atoms. The highest BCUT2D eigenvalue weighted by atomic mass is 32.1. The first-order valence-electron chi connectivity index (χ1n) is 9.97. The van der Waals surface area contributed by atoms with Gasteiger partial charge in [-0.15, -0.1) is 16.4 Å². The maximum Gasteiger partial charge on any atom is 0.352 e. The summed E-state index contributed by atoms with van der Waals surface area (Å²) in [6, 6.07) is 0.138. The van der Waals surface area contributed by atoms with Gasteiger partial charge in [-0.25, -0.2) is 18.9 Å². The molecule has 0 spiro atoms. The standard InChI is InChI=1S/C20H27N5O2S/c1-11(2)25(12(3)4)16(26)9-24-20(27)23-10-21-19-17(18(23)22-24)14-7-6-13(5)8-15(14)28-19/h10-13H,6-9H2,1-5H3/t13-/m0/s1. The number of fused-ring (bicyclic) bond motifs is 5. The smallest absolute Gasteiger partial charge is 0.336 e. The fourth-order valence-corrected chi connectivity index (χ4v) is 5.69. The number of carbonyl (C=O) groups is 1. The second-order valence-electron chi connectivity index (χ2n) is 8.40. The van der Waals surface area contributed by atoms with Crippen molar-refractivity contribution >= 4 is 33.1 Å². The topological polar surface area (TPSA) is 72.5 Å². The molecule has 28 heavy (non-hydrogen) atoms. The van der Waals surface area contributed by atoms with E-state index in [0.717, 1.165) is 29.5 Å². The van der Waals surface area contributed by atoms with Crippen molar-refractivity contribution in [2.75, 3.05) is 0 Å². The minimum absolute atomic E-state index is 0.0538. The molecular formula is C20H27N5O2S. The number of nitrogens with zero attached hydrogens (tertiary/aromatic N) is 5. The molecule has 0 aromatic carbocycles. The van der Waals surface area contributed by atoms with Crippen molar-refractivity contribution in [2.45, 2.75) is 72.5 Å². The van der Waals surface area contributed by atoms with Crippen LogP contribution in [0.15, 0.2) is 11.1 Å². The first kappa shape index (κ1) is 19.1. The van der Waals surface area contributed by atoms with Gasteiger partial charge in [0, 0.05) is 17.0 Å². The summed E-state index contributed by atoms with van der Waals surface area (Å²) in [7, 11) is 0.